The number of allylic oxidation sites excluding steroid dienone is 2. The highest BCUT2D eigenvalue weighted by atomic mass is 32.2. The number of aliphatic carboxylic acids is 1. The zero-order chi connectivity index (χ0) is 20.6. The highest BCUT2D eigenvalue weighted by molar-refractivity contribution is 8.05. The van der Waals surface area contributed by atoms with Gasteiger partial charge >= 0.3 is 11.9 Å². The first-order chi connectivity index (χ1) is 13.7. The molecular weight excluding hydrogens is 388 g/mol. The molecule has 1 heterocycles. The van der Waals surface area contributed by atoms with Crippen LogP contribution in [-0.4, -0.2) is 27.8 Å². The number of carboxylic acid groups (broad SMARTS) is 1. The van der Waals surface area contributed by atoms with Crippen molar-refractivity contribution in [1.82, 2.24) is 0 Å². The minimum atomic E-state index is -1.10. The van der Waals surface area contributed by atoms with Crippen molar-refractivity contribution in [3.63, 3.8) is 0 Å². The predicted molar refractivity (Wildman–Crippen MR) is 109 cm³/mol. The normalized spacial score (nSPS) is 45.7. The molecule has 29 heavy (non-hydrogen) atoms. The van der Waals surface area contributed by atoms with Gasteiger partial charge in [0.15, 0.2) is 0 Å². The Bertz CT molecular complexity index is 916. The zero-order valence-electron chi connectivity index (χ0n) is 16.8. The van der Waals surface area contributed by atoms with Gasteiger partial charge in [-0.05, 0) is 62.0 Å². The van der Waals surface area contributed by atoms with E-state index in [9.17, 15) is 19.5 Å². The Balaban J connectivity index is 1.47. The first kappa shape index (κ1) is 19.2. The van der Waals surface area contributed by atoms with Crippen LogP contribution in [0, 0.1) is 28.6 Å². The molecule has 4 aliphatic carbocycles. The Morgan fingerprint density at radius 1 is 1.14 bits per heavy atom. The lowest BCUT2D eigenvalue weighted by Gasteiger charge is -2.56. The van der Waals surface area contributed by atoms with Crippen LogP contribution in [0.2, 0.25) is 0 Å². The van der Waals surface area contributed by atoms with Crippen LogP contribution >= 0.6 is 11.8 Å². The fourth-order valence-electron chi connectivity index (χ4n) is 6.82. The molecule has 5 rings (SSSR count). The SMILES string of the molecule is C[C@]12C=CC3(C=C1CC[C@@H]1[C@@H]2CC[C@]2(C)C(=O)CC[C@@H]12)OC(=O)C=C(C(=O)O)S3. The minimum Gasteiger partial charge on any atom is -0.477 e. The van der Waals surface area contributed by atoms with Crippen LogP contribution in [0.1, 0.15) is 52.4 Å². The number of carboxylic acids is 1. The number of carbonyl (C=O) groups excluding carboxylic acids is 2. The number of esters is 1. The number of thioether (sulfide) groups is 1. The van der Waals surface area contributed by atoms with E-state index in [0.717, 1.165) is 56.4 Å². The predicted octanol–water partition coefficient (Wildman–Crippen LogP) is 4.25. The maximum absolute atomic E-state index is 12.6. The average molecular weight is 415 g/mol. The third kappa shape index (κ3) is 2.64. The van der Waals surface area contributed by atoms with Crippen LogP contribution in [0.3, 0.4) is 0 Å². The van der Waals surface area contributed by atoms with Crippen molar-refractivity contribution < 1.29 is 24.2 Å². The van der Waals surface area contributed by atoms with Crippen LogP contribution < -0.4 is 0 Å². The monoisotopic (exact) mass is 414 g/mol. The molecular formula is C23H26O5S. The van der Waals surface area contributed by atoms with Gasteiger partial charge in [-0.3, -0.25) is 4.79 Å². The lowest BCUT2D eigenvalue weighted by molar-refractivity contribution is -0.142. The second kappa shape index (κ2) is 6.10. The topological polar surface area (TPSA) is 80.7 Å². The molecule has 6 atom stereocenters. The largest absolute Gasteiger partial charge is 0.477 e. The average Bonchev–Trinajstić information content (AvgIpc) is 2.97. The third-order valence-electron chi connectivity index (χ3n) is 8.38. The van der Waals surface area contributed by atoms with Gasteiger partial charge in [0.05, 0.1) is 0 Å². The summed E-state index contributed by atoms with van der Waals surface area (Å²) in [5.41, 5.74) is 0.966. The van der Waals surface area contributed by atoms with Crippen molar-refractivity contribution in [3.8, 4) is 0 Å². The summed E-state index contributed by atoms with van der Waals surface area (Å²) in [6, 6.07) is 0. The van der Waals surface area contributed by atoms with Gasteiger partial charge in [-0.1, -0.05) is 37.3 Å². The third-order valence-corrected chi connectivity index (χ3v) is 9.55. The Kier molecular flexibility index (Phi) is 4.03. The zero-order valence-corrected chi connectivity index (χ0v) is 17.6. The van der Waals surface area contributed by atoms with Crippen LogP contribution in [0.25, 0.3) is 0 Å². The summed E-state index contributed by atoms with van der Waals surface area (Å²) in [4.78, 5) is 35.0. The maximum Gasteiger partial charge on any atom is 0.342 e. The van der Waals surface area contributed by atoms with Gasteiger partial charge in [0, 0.05) is 23.3 Å². The lowest BCUT2D eigenvalue weighted by Crippen LogP contribution is -2.50. The fourth-order valence-corrected chi connectivity index (χ4v) is 7.87. The van der Waals surface area contributed by atoms with Gasteiger partial charge in [0.2, 0.25) is 4.93 Å². The van der Waals surface area contributed by atoms with E-state index in [-0.39, 0.29) is 15.7 Å². The van der Waals surface area contributed by atoms with E-state index >= 15 is 0 Å². The summed E-state index contributed by atoms with van der Waals surface area (Å²) < 4.78 is 5.60. The number of carbonyl (C=O) groups is 3. The highest BCUT2D eigenvalue weighted by Gasteiger charge is 2.59. The summed E-state index contributed by atoms with van der Waals surface area (Å²) in [6.45, 7) is 4.45. The van der Waals surface area contributed by atoms with E-state index in [2.05, 4.69) is 19.9 Å². The molecule has 0 aromatic rings. The molecule has 0 bridgehead atoms. The second-order valence-corrected chi connectivity index (χ2v) is 11.0. The minimum absolute atomic E-state index is 0.0120. The van der Waals surface area contributed by atoms with E-state index in [4.69, 9.17) is 4.74 Å². The van der Waals surface area contributed by atoms with Crippen molar-refractivity contribution in [2.45, 2.75) is 57.3 Å². The molecule has 0 amide bonds. The first-order valence-electron chi connectivity index (χ1n) is 10.5. The molecule has 0 radical (unpaired) electrons. The molecule has 1 aliphatic heterocycles. The quantitative estimate of drug-likeness (QED) is 0.510. The standard InChI is InChI=1S/C23H26O5S/c1-21-9-10-23(28-19(25)11-17(29-23)20(26)27)12-13(21)3-4-14-15-5-6-18(24)22(15,2)8-7-16(14)21/h9-12,14-16H,3-8H2,1-2H3,(H,26,27)/t14-,15-,16-,21-,22-,23?/m0/s1. The van der Waals surface area contributed by atoms with Crippen molar-refractivity contribution in [1.29, 1.82) is 0 Å². The van der Waals surface area contributed by atoms with Gasteiger partial charge in [-0.25, -0.2) is 9.59 Å². The van der Waals surface area contributed by atoms with E-state index in [0.29, 0.717) is 23.5 Å². The lowest BCUT2D eigenvalue weighted by atomic mass is 9.48. The van der Waals surface area contributed by atoms with Crippen LogP contribution in [-0.2, 0) is 19.1 Å². The molecule has 0 saturated heterocycles. The summed E-state index contributed by atoms with van der Waals surface area (Å²) in [5, 5.41) is 9.37. The van der Waals surface area contributed by atoms with Crippen molar-refractivity contribution >= 4 is 29.5 Å². The highest BCUT2D eigenvalue weighted by Crippen LogP contribution is 2.64. The summed E-state index contributed by atoms with van der Waals surface area (Å²) in [5.74, 6) is 0.213. The van der Waals surface area contributed by atoms with E-state index in [1.165, 1.54) is 5.57 Å². The molecule has 5 aliphatic rings. The van der Waals surface area contributed by atoms with Crippen LogP contribution in [0.15, 0.2) is 34.8 Å². The summed E-state index contributed by atoms with van der Waals surface area (Å²) in [7, 11) is 0. The Labute approximate surface area is 174 Å². The van der Waals surface area contributed by atoms with Crippen molar-refractivity contribution in [2.24, 2.45) is 28.6 Å². The number of rotatable bonds is 1. The van der Waals surface area contributed by atoms with Gasteiger partial charge in [0.1, 0.15) is 10.7 Å². The molecule has 0 aromatic carbocycles. The molecule has 0 aromatic heterocycles. The molecule has 1 spiro atoms. The fraction of sp³-hybridized carbons (Fsp3) is 0.609. The van der Waals surface area contributed by atoms with E-state index in [1.54, 1.807) is 0 Å². The van der Waals surface area contributed by atoms with Gasteiger partial charge in [0.25, 0.3) is 0 Å². The molecule has 154 valence electrons. The molecule has 3 saturated carbocycles. The number of ketones is 1. The molecule has 6 heteroatoms. The second-order valence-electron chi connectivity index (χ2n) is 9.68. The Hall–Kier alpha value is -1.82. The molecule has 1 unspecified atom stereocenters. The summed E-state index contributed by atoms with van der Waals surface area (Å²) in [6.07, 6.45) is 12.7. The molecule has 1 N–H and O–H groups in total. The molecule has 5 nitrogen and oxygen atoms in total. The van der Waals surface area contributed by atoms with Crippen LogP contribution in [0.4, 0.5) is 0 Å². The molecule has 3 fully saturated rings. The number of ether oxygens (including phenoxy) is 1. The van der Waals surface area contributed by atoms with Gasteiger partial charge in [-0.2, -0.15) is 0 Å². The van der Waals surface area contributed by atoms with Crippen molar-refractivity contribution in [2.75, 3.05) is 0 Å². The number of fused-ring (bicyclic) bond motifs is 5. The van der Waals surface area contributed by atoms with Gasteiger partial charge in [-0.15, -0.1) is 0 Å². The summed E-state index contributed by atoms with van der Waals surface area (Å²) >= 11 is 1.08. The number of Topliss-reactive ketones (excluding diaryl/α,β-unsaturated/α-hetero) is 1. The first-order valence-corrected chi connectivity index (χ1v) is 11.3. The van der Waals surface area contributed by atoms with E-state index < -0.39 is 16.9 Å². The number of hydrogen-bond donors (Lipinski definition) is 1. The smallest absolute Gasteiger partial charge is 0.342 e. The Morgan fingerprint density at radius 2 is 1.93 bits per heavy atom. The maximum atomic E-state index is 12.6. The number of hydrogen-bond acceptors (Lipinski definition) is 5. The van der Waals surface area contributed by atoms with E-state index in [1.807, 2.05) is 12.2 Å². The van der Waals surface area contributed by atoms with Crippen LogP contribution in [0.5, 0.6) is 0 Å². The van der Waals surface area contributed by atoms with Gasteiger partial charge < -0.3 is 9.84 Å². The van der Waals surface area contributed by atoms with Crippen molar-refractivity contribution in [3.05, 3.63) is 34.8 Å². The Morgan fingerprint density at radius 3 is 2.69 bits per heavy atom.